The summed E-state index contributed by atoms with van der Waals surface area (Å²) in [6, 6.07) is 12.1. The Morgan fingerprint density at radius 2 is 1.16 bits per heavy atom. The normalized spacial score (nSPS) is 9.47. The second-order valence-corrected chi connectivity index (χ2v) is 4.81. The van der Waals surface area contributed by atoms with Crippen LogP contribution in [0.5, 0.6) is 0 Å². The molecule has 2 heterocycles. The van der Waals surface area contributed by atoms with E-state index < -0.39 is 0 Å². The molecule has 0 fully saturated rings. The Bertz CT molecular complexity index is 585. The first-order chi connectivity index (χ1) is 9.36. The van der Waals surface area contributed by atoms with Crippen molar-refractivity contribution in [3.63, 3.8) is 0 Å². The molecule has 2 aromatic heterocycles. The molecule has 1 aromatic carbocycles. The number of nitrogens with zero attached hydrogens (tertiary/aromatic N) is 2. The van der Waals surface area contributed by atoms with Gasteiger partial charge in [0.1, 0.15) is 0 Å². The quantitative estimate of drug-likeness (QED) is 0.277. The molecule has 0 amide bonds. The molecule has 0 aliphatic heterocycles. The summed E-state index contributed by atoms with van der Waals surface area (Å²) in [5.41, 5.74) is 1.95. The zero-order chi connectivity index (χ0) is 14.1. The Balaban J connectivity index is 0.000000321. The van der Waals surface area contributed by atoms with Crippen LogP contribution in [0.2, 0.25) is 0 Å². The minimum atomic E-state index is 0.757. The average Bonchev–Trinajstić information content (AvgIpc) is 2.50. The fraction of sp³-hybridized carbons (Fsp3) is 0. The van der Waals surface area contributed by atoms with Crippen molar-refractivity contribution in [3.05, 3.63) is 48.8 Å². The first kappa shape index (κ1) is 16.1. The van der Waals surface area contributed by atoms with Crippen molar-refractivity contribution in [3.8, 4) is 0 Å². The number of pyridine rings is 2. The van der Waals surface area contributed by atoms with Crippen LogP contribution in [0.1, 0.15) is 0 Å². The summed E-state index contributed by atoms with van der Waals surface area (Å²) in [6.45, 7) is 0. The SMILES string of the molecule is OO.[Cl][Cu][Cl].c1cnc2c(c1)ccc1cccnc12. The van der Waals surface area contributed by atoms with Gasteiger partial charge >= 0.3 is 33.3 Å². The number of fused-ring (bicyclic) bond motifs is 3. The van der Waals surface area contributed by atoms with Crippen molar-refractivity contribution >= 4 is 42.0 Å². The third kappa shape index (κ3) is 4.28. The van der Waals surface area contributed by atoms with Crippen molar-refractivity contribution in [1.82, 2.24) is 9.97 Å². The van der Waals surface area contributed by atoms with E-state index >= 15 is 0 Å². The van der Waals surface area contributed by atoms with Gasteiger partial charge in [-0.15, -0.1) is 0 Å². The van der Waals surface area contributed by atoms with Gasteiger partial charge in [-0.25, -0.2) is 0 Å². The van der Waals surface area contributed by atoms with Gasteiger partial charge in [0.15, 0.2) is 0 Å². The molecule has 0 aliphatic carbocycles. The fourth-order valence-corrected chi connectivity index (χ4v) is 1.68. The van der Waals surface area contributed by atoms with Crippen LogP contribution >= 0.6 is 20.2 Å². The van der Waals surface area contributed by atoms with Gasteiger partial charge in [0.25, 0.3) is 0 Å². The molecule has 7 heteroatoms. The predicted molar refractivity (Wildman–Crippen MR) is 74.0 cm³/mol. The van der Waals surface area contributed by atoms with Gasteiger partial charge in [0.05, 0.1) is 11.0 Å². The topological polar surface area (TPSA) is 66.2 Å². The maximum atomic E-state index is 6.00. The molecule has 0 spiro atoms. The third-order valence-corrected chi connectivity index (χ3v) is 2.34. The molecule has 2 N–H and O–H groups in total. The minimum Gasteiger partial charge on any atom is -0.254 e. The zero-order valence-electron chi connectivity index (χ0n) is 9.47. The summed E-state index contributed by atoms with van der Waals surface area (Å²) < 4.78 is 0. The number of aromatic nitrogens is 2. The Kier molecular flexibility index (Phi) is 7.67. The molecule has 0 radical (unpaired) electrons. The largest absolute Gasteiger partial charge is 0.254 e. The van der Waals surface area contributed by atoms with E-state index in [1.165, 1.54) is 0 Å². The molecule has 3 aromatic rings. The van der Waals surface area contributed by atoms with Crippen LogP contribution in [0.25, 0.3) is 21.8 Å². The van der Waals surface area contributed by atoms with Crippen LogP contribution in [0, 0.1) is 0 Å². The van der Waals surface area contributed by atoms with Gasteiger partial charge in [-0.2, -0.15) is 0 Å². The molecule has 105 valence electrons. The molecule has 0 bridgehead atoms. The maximum absolute atomic E-state index is 6.00. The number of hydrogen-bond acceptors (Lipinski definition) is 4. The van der Waals surface area contributed by atoms with Crippen molar-refractivity contribution in [2.75, 3.05) is 0 Å². The van der Waals surface area contributed by atoms with Crippen LogP contribution in [0.15, 0.2) is 48.8 Å². The summed E-state index contributed by atoms with van der Waals surface area (Å²) in [5, 5.41) is 14.3. The molecule has 0 saturated carbocycles. The molecular formula is C12H10Cl2CuN2O2. The Morgan fingerprint density at radius 3 is 1.53 bits per heavy atom. The molecule has 0 aliphatic rings. The van der Waals surface area contributed by atoms with Crippen LogP contribution in [0.4, 0.5) is 0 Å². The molecule has 3 rings (SSSR count). The van der Waals surface area contributed by atoms with Crippen molar-refractivity contribution in [2.45, 2.75) is 0 Å². The summed E-state index contributed by atoms with van der Waals surface area (Å²) in [4.78, 5) is 8.69. The van der Waals surface area contributed by atoms with Crippen molar-refractivity contribution < 1.29 is 23.6 Å². The smallest absolute Gasteiger partial charge is 0.0964 e. The monoisotopic (exact) mass is 347 g/mol. The molecule has 0 unspecified atom stereocenters. The summed E-state index contributed by atoms with van der Waals surface area (Å²) >= 11 is 0.757. The average molecular weight is 349 g/mol. The van der Waals surface area contributed by atoms with E-state index in [0.29, 0.717) is 0 Å². The number of hydrogen-bond donors (Lipinski definition) is 2. The van der Waals surface area contributed by atoms with Gasteiger partial charge < -0.3 is 0 Å². The van der Waals surface area contributed by atoms with Crippen LogP contribution in [-0.2, 0) is 13.1 Å². The van der Waals surface area contributed by atoms with Gasteiger partial charge in [0.2, 0.25) is 0 Å². The van der Waals surface area contributed by atoms with Crippen molar-refractivity contribution in [2.24, 2.45) is 0 Å². The Morgan fingerprint density at radius 1 is 0.789 bits per heavy atom. The fourth-order valence-electron chi connectivity index (χ4n) is 1.68. The summed E-state index contributed by atoms with van der Waals surface area (Å²) in [5.74, 6) is 0. The van der Waals surface area contributed by atoms with Crippen LogP contribution in [0.3, 0.4) is 0 Å². The van der Waals surface area contributed by atoms with E-state index in [1.807, 2.05) is 12.1 Å². The first-order valence-electron chi connectivity index (χ1n) is 4.96. The summed E-state index contributed by atoms with van der Waals surface area (Å²) in [7, 11) is 9.34. The molecule has 0 atom stereocenters. The second kappa shape index (κ2) is 9.04. The molecule has 0 saturated heterocycles. The van der Waals surface area contributed by atoms with Gasteiger partial charge in [0, 0.05) is 23.2 Å². The van der Waals surface area contributed by atoms with Gasteiger partial charge in [-0.3, -0.25) is 20.5 Å². The second-order valence-electron chi connectivity index (χ2n) is 3.26. The third-order valence-electron chi connectivity index (χ3n) is 2.34. The maximum Gasteiger partial charge on any atom is 0.0964 e. The minimum absolute atomic E-state index is 0.757. The van der Waals surface area contributed by atoms with Gasteiger partial charge in [-0.05, 0) is 12.1 Å². The van der Waals surface area contributed by atoms with Crippen LogP contribution < -0.4 is 0 Å². The standard InChI is InChI=1S/C12H8N2.2ClH.Cu.H2O2/c1-3-9-5-6-10-4-2-8-14-12(10)11(9)13-7-1;;;;1-2/h1-8H;2*1H;;1-2H/q;;;+2;/p-2. The zero-order valence-corrected chi connectivity index (χ0v) is 11.9. The van der Waals surface area contributed by atoms with Crippen molar-refractivity contribution in [1.29, 1.82) is 0 Å². The van der Waals surface area contributed by atoms with E-state index in [0.717, 1.165) is 34.9 Å². The van der Waals surface area contributed by atoms with E-state index in [4.69, 9.17) is 10.5 Å². The first-order valence-corrected chi connectivity index (χ1v) is 7.55. The number of halogens is 2. The molecule has 4 nitrogen and oxygen atoms in total. The Hall–Kier alpha value is -0.941. The molecule has 19 heavy (non-hydrogen) atoms. The number of rotatable bonds is 0. The number of benzene rings is 1. The predicted octanol–water partition coefficient (Wildman–Crippen LogP) is 4.18. The van der Waals surface area contributed by atoms with E-state index in [9.17, 15) is 0 Å². The molecular weight excluding hydrogens is 339 g/mol. The van der Waals surface area contributed by atoms with E-state index in [1.54, 1.807) is 12.4 Å². The van der Waals surface area contributed by atoms with E-state index in [-0.39, 0.29) is 0 Å². The summed E-state index contributed by atoms with van der Waals surface area (Å²) in [6.07, 6.45) is 3.60. The van der Waals surface area contributed by atoms with Gasteiger partial charge in [-0.1, -0.05) is 24.3 Å². The Labute approximate surface area is 124 Å². The van der Waals surface area contributed by atoms with E-state index in [2.05, 4.69) is 54.4 Å². The van der Waals surface area contributed by atoms with Crippen LogP contribution in [-0.4, -0.2) is 20.5 Å².